The molecule has 0 atom stereocenters. The molecule has 2 aromatic carbocycles. The molecule has 1 aliphatic heterocycles. The van der Waals surface area contributed by atoms with Gasteiger partial charge < -0.3 is 14.6 Å². The molecule has 3 rings (SSSR count). The topological polar surface area (TPSA) is 69.7 Å². The van der Waals surface area contributed by atoms with Crippen LogP contribution in [-0.2, 0) is 16.2 Å². The number of nitrogens with zero attached hydrogens (tertiary/aromatic N) is 1. The minimum absolute atomic E-state index is 0.0239. The summed E-state index contributed by atoms with van der Waals surface area (Å²) in [6.45, 7) is 2.55. The third-order valence-corrected chi connectivity index (χ3v) is 5.49. The zero-order valence-corrected chi connectivity index (χ0v) is 16.8. The molecule has 2 aromatic rings. The number of ether oxygens (including phenoxy) is 1. The summed E-state index contributed by atoms with van der Waals surface area (Å²) >= 11 is 6.33. The van der Waals surface area contributed by atoms with Crippen LogP contribution in [0.2, 0.25) is 0 Å². The number of carbonyl (C=O) groups excluding carboxylic acids is 2. The van der Waals surface area contributed by atoms with E-state index in [-0.39, 0.29) is 18.9 Å². The molecule has 0 radical (unpaired) electrons. The Bertz CT molecular complexity index is 920. The number of hydrogen-bond donors (Lipinski definition) is 0. The van der Waals surface area contributed by atoms with Crippen LogP contribution in [0.5, 0.6) is 5.75 Å². The Morgan fingerprint density at radius 1 is 1.18 bits per heavy atom. The largest absolute Gasteiger partial charge is 0.550 e. The van der Waals surface area contributed by atoms with Gasteiger partial charge in [0.25, 0.3) is 5.91 Å². The fraction of sp³-hybridized carbons (Fsp3) is 0.190. The number of thiocarbonyl (C=S) groups is 1. The Kier molecular flexibility index (Phi) is 6.49. The lowest BCUT2D eigenvalue weighted by Gasteiger charge is -2.14. The molecule has 0 aromatic heterocycles. The van der Waals surface area contributed by atoms with E-state index in [1.807, 2.05) is 55.5 Å². The highest BCUT2D eigenvalue weighted by atomic mass is 32.2. The number of thioether (sulfide) groups is 1. The van der Waals surface area contributed by atoms with Crippen molar-refractivity contribution in [2.45, 2.75) is 20.0 Å². The van der Waals surface area contributed by atoms with Crippen LogP contribution in [0.1, 0.15) is 23.1 Å². The maximum absolute atomic E-state index is 12.4. The van der Waals surface area contributed by atoms with Gasteiger partial charge >= 0.3 is 0 Å². The van der Waals surface area contributed by atoms with Crippen LogP contribution in [0.4, 0.5) is 0 Å². The molecule has 0 spiro atoms. The summed E-state index contributed by atoms with van der Waals surface area (Å²) in [6.07, 6.45) is 1.49. The van der Waals surface area contributed by atoms with Crippen LogP contribution < -0.4 is 9.84 Å². The van der Waals surface area contributed by atoms with Crippen molar-refractivity contribution < 1.29 is 19.4 Å². The van der Waals surface area contributed by atoms with Gasteiger partial charge in [-0.3, -0.25) is 9.69 Å². The van der Waals surface area contributed by atoms with Crippen LogP contribution in [0.15, 0.2) is 53.4 Å². The Morgan fingerprint density at radius 2 is 1.86 bits per heavy atom. The number of carboxylic acids is 1. The monoisotopic (exact) mass is 412 g/mol. The highest BCUT2D eigenvalue weighted by molar-refractivity contribution is 8.26. The van der Waals surface area contributed by atoms with E-state index in [0.717, 1.165) is 16.9 Å². The summed E-state index contributed by atoms with van der Waals surface area (Å²) in [6, 6.07) is 15.6. The van der Waals surface area contributed by atoms with Gasteiger partial charge in [-0.2, -0.15) is 0 Å². The maximum Gasteiger partial charge on any atom is 0.266 e. The highest BCUT2D eigenvalue weighted by Crippen LogP contribution is 2.32. The molecule has 0 bridgehead atoms. The van der Waals surface area contributed by atoms with Crippen LogP contribution in [0, 0.1) is 6.92 Å². The molecule has 7 heteroatoms. The zero-order chi connectivity index (χ0) is 20.1. The average molecular weight is 413 g/mol. The molecule has 28 heavy (non-hydrogen) atoms. The highest BCUT2D eigenvalue weighted by Gasteiger charge is 2.31. The quantitative estimate of drug-likeness (QED) is 0.515. The van der Waals surface area contributed by atoms with Crippen LogP contribution in [0.3, 0.4) is 0 Å². The second-order valence-corrected chi connectivity index (χ2v) is 7.97. The van der Waals surface area contributed by atoms with Gasteiger partial charge in [0.2, 0.25) is 0 Å². The first kappa shape index (κ1) is 20.1. The molecule has 5 nitrogen and oxygen atoms in total. The zero-order valence-electron chi connectivity index (χ0n) is 15.2. The lowest BCUT2D eigenvalue weighted by atomic mass is 10.1. The molecule has 1 heterocycles. The van der Waals surface area contributed by atoms with Crippen LogP contribution >= 0.6 is 24.0 Å². The molecule has 0 unspecified atom stereocenters. The summed E-state index contributed by atoms with van der Waals surface area (Å²) in [7, 11) is 0. The Morgan fingerprint density at radius 3 is 2.50 bits per heavy atom. The molecule has 0 N–H and O–H groups in total. The fourth-order valence-corrected chi connectivity index (χ4v) is 3.87. The van der Waals surface area contributed by atoms with E-state index in [1.54, 1.807) is 6.08 Å². The molecule has 1 fully saturated rings. The van der Waals surface area contributed by atoms with Gasteiger partial charge in [0.05, 0.1) is 4.91 Å². The lowest BCUT2D eigenvalue weighted by molar-refractivity contribution is -0.305. The summed E-state index contributed by atoms with van der Waals surface area (Å²) in [5.41, 5.74) is 3.14. The number of aliphatic carboxylic acids is 1. The van der Waals surface area contributed by atoms with Gasteiger partial charge in [0, 0.05) is 18.9 Å². The van der Waals surface area contributed by atoms with Crippen molar-refractivity contribution in [1.29, 1.82) is 0 Å². The number of rotatable bonds is 7. The first-order valence-electron chi connectivity index (χ1n) is 8.66. The van der Waals surface area contributed by atoms with E-state index in [9.17, 15) is 14.7 Å². The van der Waals surface area contributed by atoms with Crippen molar-refractivity contribution in [1.82, 2.24) is 4.90 Å². The molecule has 1 aliphatic rings. The number of amides is 1. The first-order valence-corrected chi connectivity index (χ1v) is 9.88. The third kappa shape index (κ3) is 5.21. The molecular formula is C21H18NO4S2-. The number of hydrogen-bond acceptors (Lipinski definition) is 6. The van der Waals surface area contributed by atoms with E-state index in [1.165, 1.54) is 22.2 Å². The summed E-state index contributed by atoms with van der Waals surface area (Å²) in [4.78, 5) is 24.8. The SMILES string of the molecule is Cc1ccc(COc2ccc(/C=C3\SC(=S)N(CCC(=O)[O-])C3=O)cc2)cc1. The van der Waals surface area contributed by atoms with E-state index in [0.29, 0.717) is 15.8 Å². The molecule has 144 valence electrons. The average Bonchev–Trinajstić information content (AvgIpc) is 2.93. The van der Waals surface area contributed by atoms with Crippen LogP contribution in [-0.4, -0.2) is 27.6 Å². The normalized spacial score (nSPS) is 15.3. The predicted molar refractivity (Wildman–Crippen MR) is 111 cm³/mol. The van der Waals surface area contributed by atoms with Gasteiger partial charge in [-0.1, -0.05) is 65.9 Å². The van der Waals surface area contributed by atoms with Gasteiger partial charge in [-0.15, -0.1) is 0 Å². The summed E-state index contributed by atoms with van der Waals surface area (Å²) in [5, 5.41) is 10.6. The standard InChI is InChI=1S/C21H19NO4S2/c1-14-2-4-16(5-3-14)13-26-17-8-6-15(7-9-17)12-18-20(25)22(21(27)28-18)11-10-19(23)24/h2-9,12H,10-11,13H2,1H3,(H,23,24)/p-1/b18-12-. The molecule has 1 amide bonds. The van der Waals surface area contributed by atoms with E-state index in [2.05, 4.69) is 0 Å². The number of benzene rings is 2. The molecule has 0 aliphatic carbocycles. The number of carbonyl (C=O) groups is 2. The summed E-state index contributed by atoms with van der Waals surface area (Å²) < 4.78 is 6.14. The third-order valence-electron chi connectivity index (χ3n) is 4.12. The smallest absolute Gasteiger partial charge is 0.266 e. The van der Waals surface area contributed by atoms with Gasteiger partial charge in [-0.05, 0) is 36.3 Å². The fourth-order valence-electron chi connectivity index (χ4n) is 2.56. The molecule has 1 saturated heterocycles. The van der Waals surface area contributed by atoms with E-state index in [4.69, 9.17) is 17.0 Å². The van der Waals surface area contributed by atoms with Gasteiger partial charge in [0.1, 0.15) is 16.7 Å². The lowest BCUT2D eigenvalue weighted by Crippen LogP contribution is -2.33. The number of carboxylic acid groups (broad SMARTS) is 1. The van der Waals surface area contributed by atoms with Crippen molar-refractivity contribution in [3.63, 3.8) is 0 Å². The predicted octanol–water partition coefficient (Wildman–Crippen LogP) is 2.92. The van der Waals surface area contributed by atoms with Crippen molar-refractivity contribution in [3.05, 3.63) is 70.1 Å². The minimum atomic E-state index is -1.21. The first-order chi connectivity index (χ1) is 13.4. The van der Waals surface area contributed by atoms with E-state index < -0.39 is 5.97 Å². The minimum Gasteiger partial charge on any atom is -0.550 e. The van der Waals surface area contributed by atoms with Gasteiger partial charge in [0.15, 0.2) is 0 Å². The van der Waals surface area contributed by atoms with Crippen molar-refractivity contribution in [3.8, 4) is 5.75 Å². The van der Waals surface area contributed by atoms with Crippen LogP contribution in [0.25, 0.3) is 6.08 Å². The maximum atomic E-state index is 12.4. The number of aryl methyl sites for hydroxylation is 1. The second-order valence-electron chi connectivity index (χ2n) is 6.30. The Labute approximate surface area is 173 Å². The van der Waals surface area contributed by atoms with Crippen molar-refractivity contribution in [2.75, 3.05) is 6.54 Å². The second kappa shape index (κ2) is 9.03. The van der Waals surface area contributed by atoms with Gasteiger partial charge in [-0.25, -0.2) is 0 Å². The molecular weight excluding hydrogens is 394 g/mol. The van der Waals surface area contributed by atoms with Crippen molar-refractivity contribution >= 4 is 46.3 Å². The summed E-state index contributed by atoms with van der Waals surface area (Å²) in [5.74, 6) is -0.755. The Hall–Kier alpha value is -2.64. The van der Waals surface area contributed by atoms with Crippen molar-refractivity contribution in [2.24, 2.45) is 0 Å². The molecule has 0 saturated carbocycles. The van der Waals surface area contributed by atoms with E-state index >= 15 is 0 Å². The Balaban J connectivity index is 1.61.